The smallest absolute Gasteiger partial charge is 0.256 e. The fraction of sp³-hybridized carbons (Fsp3) is 0.250. The molecule has 2 heterocycles. The number of carbonyl (C=O) groups is 1. The Morgan fingerprint density at radius 3 is 2.62 bits per heavy atom. The van der Waals surface area contributed by atoms with Crippen LogP contribution < -0.4 is 9.64 Å². The molecule has 0 spiro atoms. The number of hydrogen-bond donors (Lipinski definition) is 1. The summed E-state index contributed by atoms with van der Waals surface area (Å²) in [7, 11) is 1.61. The summed E-state index contributed by atoms with van der Waals surface area (Å²) in [5.74, 6) is 0.476. The van der Waals surface area contributed by atoms with Gasteiger partial charge in [-0.1, -0.05) is 12.1 Å². The number of methoxy groups -OCH3 is 1. The van der Waals surface area contributed by atoms with Crippen molar-refractivity contribution >= 4 is 22.5 Å². The number of fused-ring (bicyclic) bond motifs is 1. The second-order valence-electron chi connectivity index (χ2n) is 6.34. The topological polar surface area (TPSA) is 48.6 Å². The van der Waals surface area contributed by atoms with Crippen molar-refractivity contribution in [1.82, 2.24) is 9.88 Å². The Morgan fingerprint density at radius 1 is 1.12 bits per heavy atom. The minimum absolute atomic E-state index is 0.0160. The van der Waals surface area contributed by atoms with Crippen LogP contribution in [-0.2, 0) is 0 Å². The third-order valence-corrected chi connectivity index (χ3v) is 4.88. The first kappa shape index (κ1) is 16.4. The molecule has 26 heavy (non-hydrogen) atoms. The van der Waals surface area contributed by atoms with Gasteiger partial charge in [-0.3, -0.25) is 4.79 Å². The minimum atomic E-state index is -0.226. The van der Waals surface area contributed by atoms with Crippen LogP contribution in [0.3, 0.4) is 0 Å². The summed E-state index contributed by atoms with van der Waals surface area (Å²) in [6.45, 7) is 2.34. The molecule has 4 rings (SSSR count). The van der Waals surface area contributed by atoms with E-state index < -0.39 is 0 Å². The van der Waals surface area contributed by atoms with E-state index in [0.717, 1.165) is 16.7 Å². The van der Waals surface area contributed by atoms with Crippen molar-refractivity contribution in [2.75, 3.05) is 38.2 Å². The van der Waals surface area contributed by atoms with Crippen LogP contribution in [0.4, 0.5) is 10.1 Å². The van der Waals surface area contributed by atoms with Gasteiger partial charge < -0.3 is 19.5 Å². The van der Waals surface area contributed by atoms with E-state index in [1.807, 2.05) is 34.1 Å². The zero-order valence-electron chi connectivity index (χ0n) is 14.5. The van der Waals surface area contributed by atoms with Crippen molar-refractivity contribution < 1.29 is 13.9 Å². The summed E-state index contributed by atoms with van der Waals surface area (Å²) < 4.78 is 19.2. The number of aromatic amines is 1. The van der Waals surface area contributed by atoms with Gasteiger partial charge in [0, 0.05) is 43.3 Å². The number of halogens is 1. The SMILES string of the molecule is COc1ccc2[nH]cc(C(=O)N3CCN(c4ccccc4F)CC3)c2c1. The number of amides is 1. The number of nitrogens with one attached hydrogen (secondary N) is 1. The summed E-state index contributed by atoms with van der Waals surface area (Å²) in [6, 6.07) is 12.4. The minimum Gasteiger partial charge on any atom is -0.497 e. The highest BCUT2D eigenvalue weighted by atomic mass is 19.1. The van der Waals surface area contributed by atoms with Crippen LogP contribution in [0.25, 0.3) is 10.9 Å². The molecule has 0 unspecified atom stereocenters. The number of piperazine rings is 1. The molecular weight excluding hydrogens is 333 g/mol. The molecule has 1 N–H and O–H groups in total. The predicted octanol–water partition coefficient (Wildman–Crippen LogP) is 3.28. The van der Waals surface area contributed by atoms with Crippen LogP contribution in [0.1, 0.15) is 10.4 Å². The molecule has 134 valence electrons. The lowest BCUT2D eigenvalue weighted by Crippen LogP contribution is -2.49. The molecule has 0 radical (unpaired) electrons. The quantitative estimate of drug-likeness (QED) is 0.786. The summed E-state index contributed by atoms with van der Waals surface area (Å²) in [5, 5.41) is 0.853. The standard InChI is InChI=1S/C20H20FN3O2/c1-26-14-6-7-18-15(12-14)16(13-22-18)20(25)24-10-8-23(9-11-24)19-5-3-2-4-17(19)21/h2-7,12-13,22H,8-11H2,1H3. The third kappa shape index (κ3) is 2.87. The summed E-state index contributed by atoms with van der Waals surface area (Å²) in [4.78, 5) is 19.9. The van der Waals surface area contributed by atoms with Gasteiger partial charge in [-0.05, 0) is 30.3 Å². The van der Waals surface area contributed by atoms with Crippen LogP contribution in [0.2, 0.25) is 0 Å². The van der Waals surface area contributed by atoms with E-state index in [1.54, 1.807) is 25.4 Å². The van der Waals surface area contributed by atoms with Crippen LogP contribution in [0.5, 0.6) is 5.75 Å². The molecular formula is C20H20FN3O2. The van der Waals surface area contributed by atoms with Gasteiger partial charge >= 0.3 is 0 Å². The number of rotatable bonds is 3. The van der Waals surface area contributed by atoms with Crippen molar-refractivity contribution in [3.8, 4) is 5.75 Å². The molecule has 1 aliphatic heterocycles. The van der Waals surface area contributed by atoms with Gasteiger partial charge in [0.05, 0.1) is 18.4 Å². The van der Waals surface area contributed by atoms with Crippen molar-refractivity contribution in [1.29, 1.82) is 0 Å². The van der Waals surface area contributed by atoms with Gasteiger partial charge in [-0.15, -0.1) is 0 Å². The lowest BCUT2D eigenvalue weighted by molar-refractivity contribution is 0.0748. The number of anilines is 1. The van der Waals surface area contributed by atoms with E-state index in [-0.39, 0.29) is 11.7 Å². The second-order valence-corrected chi connectivity index (χ2v) is 6.34. The zero-order chi connectivity index (χ0) is 18.1. The Morgan fingerprint density at radius 2 is 1.88 bits per heavy atom. The predicted molar refractivity (Wildman–Crippen MR) is 99.4 cm³/mol. The van der Waals surface area contributed by atoms with Gasteiger partial charge in [-0.25, -0.2) is 4.39 Å². The third-order valence-electron chi connectivity index (χ3n) is 4.88. The first-order valence-electron chi connectivity index (χ1n) is 8.61. The number of aromatic nitrogens is 1. The Labute approximate surface area is 151 Å². The van der Waals surface area contributed by atoms with Gasteiger partial charge in [0.25, 0.3) is 5.91 Å². The van der Waals surface area contributed by atoms with Crippen LogP contribution in [0.15, 0.2) is 48.7 Å². The Bertz CT molecular complexity index is 945. The summed E-state index contributed by atoms with van der Waals surface area (Å²) in [5.41, 5.74) is 2.13. The van der Waals surface area contributed by atoms with Gasteiger partial charge in [0.2, 0.25) is 0 Å². The Hall–Kier alpha value is -3.02. The number of ether oxygens (including phenoxy) is 1. The van der Waals surface area contributed by atoms with Crippen LogP contribution >= 0.6 is 0 Å². The molecule has 0 saturated carbocycles. The molecule has 2 aromatic carbocycles. The van der Waals surface area contributed by atoms with E-state index in [2.05, 4.69) is 4.98 Å². The first-order valence-corrected chi connectivity index (χ1v) is 8.61. The molecule has 1 amide bonds. The Kier molecular flexibility index (Phi) is 4.24. The fourth-order valence-electron chi connectivity index (χ4n) is 3.43. The number of nitrogens with zero attached hydrogens (tertiary/aromatic N) is 2. The highest BCUT2D eigenvalue weighted by molar-refractivity contribution is 6.07. The van der Waals surface area contributed by atoms with E-state index in [1.165, 1.54) is 6.07 Å². The summed E-state index contributed by atoms with van der Waals surface area (Å²) >= 11 is 0. The largest absolute Gasteiger partial charge is 0.497 e. The molecule has 1 saturated heterocycles. The van der Waals surface area contributed by atoms with Gasteiger partial charge in [0.15, 0.2) is 0 Å². The number of benzene rings is 2. The van der Waals surface area contributed by atoms with Crippen LogP contribution in [0, 0.1) is 5.82 Å². The zero-order valence-corrected chi connectivity index (χ0v) is 14.5. The number of carbonyl (C=O) groups excluding carboxylic acids is 1. The molecule has 0 aliphatic carbocycles. The first-order chi connectivity index (χ1) is 12.7. The van der Waals surface area contributed by atoms with E-state index in [0.29, 0.717) is 37.4 Å². The molecule has 3 aromatic rings. The monoisotopic (exact) mass is 353 g/mol. The average Bonchev–Trinajstić information content (AvgIpc) is 3.11. The number of hydrogen-bond acceptors (Lipinski definition) is 3. The van der Waals surface area contributed by atoms with Gasteiger partial charge in [-0.2, -0.15) is 0 Å². The maximum absolute atomic E-state index is 14.0. The second kappa shape index (κ2) is 6.71. The van der Waals surface area contributed by atoms with Crippen molar-refractivity contribution in [2.24, 2.45) is 0 Å². The number of H-pyrrole nitrogens is 1. The highest BCUT2D eigenvalue weighted by Gasteiger charge is 2.25. The highest BCUT2D eigenvalue weighted by Crippen LogP contribution is 2.26. The maximum Gasteiger partial charge on any atom is 0.256 e. The molecule has 5 nitrogen and oxygen atoms in total. The molecule has 0 atom stereocenters. The lowest BCUT2D eigenvalue weighted by Gasteiger charge is -2.36. The van der Waals surface area contributed by atoms with E-state index in [4.69, 9.17) is 4.74 Å². The lowest BCUT2D eigenvalue weighted by atomic mass is 10.1. The van der Waals surface area contributed by atoms with Crippen molar-refractivity contribution in [3.05, 3.63) is 60.0 Å². The van der Waals surface area contributed by atoms with E-state index in [9.17, 15) is 9.18 Å². The van der Waals surface area contributed by atoms with Crippen molar-refractivity contribution in [2.45, 2.75) is 0 Å². The maximum atomic E-state index is 14.0. The van der Waals surface area contributed by atoms with Crippen LogP contribution in [-0.4, -0.2) is 49.1 Å². The molecule has 6 heteroatoms. The Balaban J connectivity index is 1.51. The fourth-order valence-corrected chi connectivity index (χ4v) is 3.43. The summed E-state index contributed by atoms with van der Waals surface area (Å²) in [6.07, 6.45) is 1.75. The molecule has 1 fully saturated rings. The molecule has 0 bridgehead atoms. The number of para-hydroxylation sites is 1. The molecule has 1 aliphatic rings. The molecule has 1 aromatic heterocycles. The average molecular weight is 353 g/mol. The van der Waals surface area contributed by atoms with E-state index >= 15 is 0 Å². The van der Waals surface area contributed by atoms with Gasteiger partial charge in [0.1, 0.15) is 11.6 Å². The normalized spacial score (nSPS) is 14.7. The van der Waals surface area contributed by atoms with Crippen molar-refractivity contribution in [3.63, 3.8) is 0 Å².